The van der Waals surface area contributed by atoms with Crippen LogP contribution in [0.1, 0.15) is 20.7 Å². The van der Waals surface area contributed by atoms with E-state index >= 15 is 0 Å². The summed E-state index contributed by atoms with van der Waals surface area (Å²) in [7, 11) is 3.10. The second-order valence-electron chi connectivity index (χ2n) is 5.92. The fourth-order valence-corrected chi connectivity index (χ4v) is 2.65. The third-order valence-electron chi connectivity index (χ3n) is 4.07. The van der Waals surface area contributed by atoms with Crippen molar-refractivity contribution in [2.45, 2.75) is 0 Å². The monoisotopic (exact) mass is 376 g/mol. The van der Waals surface area contributed by atoms with Crippen LogP contribution in [0, 0.1) is 0 Å². The lowest BCUT2D eigenvalue weighted by Crippen LogP contribution is -2.16. The first-order chi connectivity index (χ1) is 13.6. The summed E-state index contributed by atoms with van der Waals surface area (Å²) in [6.07, 6.45) is 0. The molecule has 2 amide bonds. The summed E-state index contributed by atoms with van der Waals surface area (Å²) < 4.78 is 10.4. The van der Waals surface area contributed by atoms with Gasteiger partial charge in [0.15, 0.2) is 0 Å². The number of hydrogen-bond acceptors (Lipinski definition) is 4. The lowest BCUT2D eigenvalue weighted by Gasteiger charge is -2.11. The number of anilines is 2. The Morgan fingerprint density at radius 1 is 0.714 bits per heavy atom. The van der Waals surface area contributed by atoms with Gasteiger partial charge in [-0.15, -0.1) is 0 Å². The molecule has 0 radical (unpaired) electrons. The van der Waals surface area contributed by atoms with Gasteiger partial charge in [0.05, 0.1) is 19.9 Å². The van der Waals surface area contributed by atoms with Crippen LogP contribution in [-0.2, 0) is 0 Å². The highest BCUT2D eigenvalue weighted by atomic mass is 16.5. The van der Waals surface area contributed by atoms with E-state index in [9.17, 15) is 9.59 Å². The van der Waals surface area contributed by atoms with Crippen LogP contribution in [-0.4, -0.2) is 26.0 Å². The Kier molecular flexibility index (Phi) is 5.91. The highest BCUT2D eigenvalue weighted by Gasteiger charge is 2.13. The first kappa shape index (κ1) is 19.0. The Bertz CT molecular complexity index is 1000. The second-order valence-corrected chi connectivity index (χ2v) is 5.92. The number of methoxy groups -OCH3 is 2. The smallest absolute Gasteiger partial charge is 0.255 e. The van der Waals surface area contributed by atoms with Gasteiger partial charge in [-0.1, -0.05) is 24.3 Å². The van der Waals surface area contributed by atoms with Crippen molar-refractivity contribution in [3.05, 3.63) is 83.9 Å². The van der Waals surface area contributed by atoms with E-state index in [-0.39, 0.29) is 11.8 Å². The average molecular weight is 376 g/mol. The van der Waals surface area contributed by atoms with E-state index in [4.69, 9.17) is 9.47 Å². The molecule has 28 heavy (non-hydrogen) atoms. The van der Waals surface area contributed by atoms with Crippen LogP contribution in [0.3, 0.4) is 0 Å². The zero-order chi connectivity index (χ0) is 19.9. The van der Waals surface area contributed by atoms with Crippen molar-refractivity contribution in [1.82, 2.24) is 0 Å². The maximum atomic E-state index is 12.6. The van der Waals surface area contributed by atoms with E-state index in [1.807, 2.05) is 6.07 Å². The van der Waals surface area contributed by atoms with Gasteiger partial charge in [0.25, 0.3) is 11.8 Å². The standard InChI is InChI=1S/C22H20N2O4/c1-27-18-10-6-9-17(14-18)23-21(25)15-7-5-8-16(13-15)22(26)24-19-11-3-4-12-20(19)28-2/h3-14H,1-2H3,(H,23,25)(H,24,26). The summed E-state index contributed by atoms with van der Waals surface area (Å²) in [6.45, 7) is 0. The van der Waals surface area contributed by atoms with Crippen LogP contribution in [0.15, 0.2) is 72.8 Å². The van der Waals surface area contributed by atoms with E-state index in [2.05, 4.69) is 10.6 Å². The van der Waals surface area contributed by atoms with Gasteiger partial charge in [-0.3, -0.25) is 9.59 Å². The van der Waals surface area contributed by atoms with Gasteiger partial charge in [0.2, 0.25) is 0 Å². The molecule has 0 aliphatic rings. The molecule has 0 unspecified atom stereocenters. The normalized spacial score (nSPS) is 10.1. The van der Waals surface area contributed by atoms with E-state index < -0.39 is 0 Å². The summed E-state index contributed by atoms with van der Waals surface area (Å²) in [5.74, 6) is 0.547. The Morgan fingerprint density at radius 2 is 1.39 bits per heavy atom. The fraction of sp³-hybridized carbons (Fsp3) is 0.0909. The summed E-state index contributed by atoms with van der Waals surface area (Å²) in [5, 5.41) is 5.59. The summed E-state index contributed by atoms with van der Waals surface area (Å²) >= 11 is 0. The molecule has 0 bridgehead atoms. The maximum absolute atomic E-state index is 12.6. The molecule has 0 heterocycles. The first-order valence-electron chi connectivity index (χ1n) is 8.60. The van der Waals surface area contributed by atoms with Crippen LogP contribution >= 0.6 is 0 Å². The van der Waals surface area contributed by atoms with Crippen molar-refractivity contribution in [3.8, 4) is 11.5 Å². The van der Waals surface area contributed by atoms with Gasteiger partial charge in [-0.25, -0.2) is 0 Å². The Hall–Kier alpha value is -3.80. The number of para-hydroxylation sites is 2. The van der Waals surface area contributed by atoms with E-state index in [1.165, 1.54) is 7.11 Å². The number of amides is 2. The van der Waals surface area contributed by atoms with Gasteiger partial charge < -0.3 is 20.1 Å². The lowest BCUT2D eigenvalue weighted by atomic mass is 10.1. The van der Waals surface area contributed by atoms with Crippen LogP contribution in [0.25, 0.3) is 0 Å². The Labute approximate surface area is 163 Å². The summed E-state index contributed by atoms with van der Waals surface area (Å²) in [5.41, 5.74) is 1.90. The van der Waals surface area contributed by atoms with E-state index in [0.717, 1.165) is 0 Å². The molecule has 0 saturated heterocycles. The number of rotatable bonds is 6. The quantitative estimate of drug-likeness (QED) is 0.676. The Balaban J connectivity index is 1.75. The molecule has 0 spiro atoms. The highest BCUT2D eigenvalue weighted by molar-refractivity contribution is 6.09. The van der Waals surface area contributed by atoms with Crippen LogP contribution < -0.4 is 20.1 Å². The van der Waals surface area contributed by atoms with Crippen molar-refractivity contribution >= 4 is 23.2 Å². The second kappa shape index (κ2) is 8.73. The van der Waals surface area contributed by atoms with E-state index in [0.29, 0.717) is 34.0 Å². The molecule has 142 valence electrons. The zero-order valence-electron chi connectivity index (χ0n) is 15.6. The van der Waals surface area contributed by atoms with Gasteiger partial charge >= 0.3 is 0 Å². The predicted octanol–water partition coefficient (Wildman–Crippen LogP) is 4.21. The highest BCUT2D eigenvalue weighted by Crippen LogP contribution is 2.24. The minimum Gasteiger partial charge on any atom is -0.497 e. The third kappa shape index (κ3) is 4.48. The number of ether oxygens (including phenoxy) is 2. The molecule has 6 nitrogen and oxygen atoms in total. The largest absolute Gasteiger partial charge is 0.497 e. The van der Waals surface area contributed by atoms with Crippen molar-refractivity contribution < 1.29 is 19.1 Å². The fourth-order valence-electron chi connectivity index (χ4n) is 2.65. The first-order valence-corrected chi connectivity index (χ1v) is 8.60. The van der Waals surface area contributed by atoms with Crippen molar-refractivity contribution in [2.24, 2.45) is 0 Å². The van der Waals surface area contributed by atoms with E-state index in [1.54, 1.807) is 73.8 Å². The zero-order valence-corrected chi connectivity index (χ0v) is 15.6. The number of benzene rings is 3. The van der Waals surface area contributed by atoms with Crippen LogP contribution in [0.2, 0.25) is 0 Å². The number of hydrogen-bond donors (Lipinski definition) is 2. The minimum absolute atomic E-state index is 0.319. The molecule has 3 aromatic carbocycles. The topological polar surface area (TPSA) is 76.7 Å². The number of carbonyl (C=O) groups excluding carboxylic acids is 2. The molecule has 2 N–H and O–H groups in total. The Morgan fingerprint density at radius 3 is 2.11 bits per heavy atom. The summed E-state index contributed by atoms with van der Waals surface area (Å²) in [6, 6.07) is 20.7. The molecule has 3 aromatic rings. The molecular weight excluding hydrogens is 356 g/mol. The molecule has 6 heteroatoms. The molecule has 0 aromatic heterocycles. The summed E-state index contributed by atoms with van der Waals surface area (Å²) in [4.78, 5) is 25.1. The SMILES string of the molecule is COc1cccc(NC(=O)c2cccc(C(=O)Nc3ccccc3OC)c2)c1. The predicted molar refractivity (Wildman–Crippen MR) is 108 cm³/mol. The van der Waals surface area contributed by atoms with Crippen molar-refractivity contribution in [2.75, 3.05) is 24.9 Å². The third-order valence-corrected chi connectivity index (χ3v) is 4.07. The van der Waals surface area contributed by atoms with Gasteiger partial charge in [-0.05, 0) is 42.5 Å². The molecule has 0 saturated carbocycles. The number of carbonyl (C=O) groups is 2. The van der Waals surface area contributed by atoms with Crippen LogP contribution in [0.5, 0.6) is 11.5 Å². The van der Waals surface area contributed by atoms with Gasteiger partial charge in [0, 0.05) is 22.9 Å². The average Bonchev–Trinajstić information content (AvgIpc) is 2.74. The lowest BCUT2D eigenvalue weighted by molar-refractivity contribution is 0.102. The van der Waals surface area contributed by atoms with Crippen molar-refractivity contribution in [1.29, 1.82) is 0 Å². The number of nitrogens with one attached hydrogen (secondary N) is 2. The maximum Gasteiger partial charge on any atom is 0.255 e. The minimum atomic E-state index is -0.333. The van der Waals surface area contributed by atoms with Gasteiger partial charge in [0.1, 0.15) is 11.5 Å². The molecule has 0 aliphatic carbocycles. The van der Waals surface area contributed by atoms with Crippen molar-refractivity contribution in [3.63, 3.8) is 0 Å². The molecule has 0 aliphatic heterocycles. The molecule has 0 fully saturated rings. The van der Waals surface area contributed by atoms with Gasteiger partial charge in [-0.2, -0.15) is 0 Å². The molecular formula is C22H20N2O4. The molecule has 0 atom stereocenters. The van der Waals surface area contributed by atoms with Crippen LogP contribution in [0.4, 0.5) is 11.4 Å². The molecule has 3 rings (SSSR count).